The van der Waals surface area contributed by atoms with Crippen LogP contribution in [-0.4, -0.2) is 10.7 Å². The molecular formula is C15H22O. The third-order valence-electron chi connectivity index (χ3n) is 3.03. The minimum atomic E-state index is -0.692. The van der Waals surface area contributed by atoms with Crippen molar-refractivity contribution in [3.8, 4) is 0 Å². The van der Waals surface area contributed by atoms with E-state index >= 15 is 0 Å². The predicted octanol–water partition coefficient (Wildman–Crippen LogP) is 3.64. The smallest absolute Gasteiger partial charge is 0.0865 e. The van der Waals surface area contributed by atoms with E-state index in [9.17, 15) is 5.11 Å². The lowest BCUT2D eigenvalue weighted by Crippen LogP contribution is -2.28. The molecule has 0 saturated heterocycles. The molecular weight excluding hydrogens is 196 g/mol. The Hall–Kier alpha value is -1.08. The van der Waals surface area contributed by atoms with Crippen LogP contribution in [0.5, 0.6) is 0 Å². The van der Waals surface area contributed by atoms with Gasteiger partial charge in [0.2, 0.25) is 0 Å². The third-order valence-corrected chi connectivity index (χ3v) is 3.03. The maximum absolute atomic E-state index is 10.4. The Morgan fingerprint density at radius 2 is 1.94 bits per heavy atom. The van der Waals surface area contributed by atoms with Crippen LogP contribution in [0.3, 0.4) is 0 Å². The van der Waals surface area contributed by atoms with Gasteiger partial charge in [0.15, 0.2) is 0 Å². The Kier molecular flexibility index (Phi) is 4.75. The van der Waals surface area contributed by atoms with Gasteiger partial charge in [0.05, 0.1) is 5.60 Å². The molecule has 1 aromatic carbocycles. The first-order chi connectivity index (χ1) is 7.61. The summed E-state index contributed by atoms with van der Waals surface area (Å²) in [6.45, 7) is 6.20. The highest BCUT2D eigenvalue weighted by Gasteiger charge is 2.21. The number of benzene rings is 1. The van der Waals surface area contributed by atoms with Crippen LogP contribution in [0.1, 0.15) is 37.8 Å². The van der Waals surface area contributed by atoms with Crippen molar-refractivity contribution < 1.29 is 5.11 Å². The van der Waals surface area contributed by atoms with Gasteiger partial charge in [-0.15, -0.1) is 0 Å². The molecule has 88 valence electrons. The molecule has 0 saturated carbocycles. The van der Waals surface area contributed by atoms with E-state index < -0.39 is 5.60 Å². The van der Waals surface area contributed by atoms with Gasteiger partial charge >= 0.3 is 0 Å². The van der Waals surface area contributed by atoms with Crippen molar-refractivity contribution in [1.82, 2.24) is 0 Å². The number of hydrogen-bond donors (Lipinski definition) is 1. The molecule has 1 aromatic rings. The van der Waals surface area contributed by atoms with E-state index in [-0.39, 0.29) is 0 Å². The molecule has 0 bridgehead atoms. The molecule has 0 spiro atoms. The molecule has 0 fully saturated rings. The van der Waals surface area contributed by atoms with E-state index in [0.717, 1.165) is 12.8 Å². The van der Waals surface area contributed by atoms with Crippen molar-refractivity contribution in [2.45, 2.75) is 45.6 Å². The predicted molar refractivity (Wildman–Crippen MR) is 69.6 cm³/mol. The van der Waals surface area contributed by atoms with Crippen molar-refractivity contribution in [3.63, 3.8) is 0 Å². The average molecular weight is 218 g/mol. The summed E-state index contributed by atoms with van der Waals surface area (Å²) in [5.41, 5.74) is 1.79. The van der Waals surface area contributed by atoms with Crippen LogP contribution >= 0.6 is 0 Å². The molecule has 0 aromatic heterocycles. The summed E-state index contributed by atoms with van der Waals surface area (Å²) in [5, 5.41) is 10.4. The first-order valence-corrected chi connectivity index (χ1v) is 6.06. The van der Waals surface area contributed by atoms with Crippen molar-refractivity contribution in [3.05, 3.63) is 47.5 Å². The lowest BCUT2D eigenvalue weighted by Gasteiger charge is -2.24. The number of rotatable bonds is 5. The fourth-order valence-corrected chi connectivity index (χ4v) is 1.78. The molecule has 0 aliphatic rings. The van der Waals surface area contributed by atoms with Crippen molar-refractivity contribution in [2.75, 3.05) is 0 Å². The zero-order valence-corrected chi connectivity index (χ0v) is 10.5. The largest absolute Gasteiger partial charge is 0.385 e. The molecule has 16 heavy (non-hydrogen) atoms. The van der Waals surface area contributed by atoms with Crippen LogP contribution in [0.15, 0.2) is 36.4 Å². The number of aryl methyl sites for hydroxylation is 1. The summed E-state index contributed by atoms with van der Waals surface area (Å²) in [6.07, 6.45) is 6.40. The molecule has 1 rings (SSSR count). The van der Waals surface area contributed by atoms with Gasteiger partial charge in [0, 0.05) is 6.42 Å². The molecule has 0 aliphatic carbocycles. The fraction of sp³-hybridized carbons (Fsp3) is 0.467. The highest BCUT2D eigenvalue weighted by molar-refractivity contribution is 5.28. The van der Waals surface area contributed by atoms with Gasteiger partial charge in [-0.3, -0.25) is 0 Å². The van der Waals surface area contributed by atoms with Crippen LogP contribution < -0.4 is 0 Å². The van der Waals surface area contributed by atoms with Gasteiger partial charge in [0.1, 0.15) is 0 Å². The van der Waals surface area contributed by atoms with Crippen molar-refractivity contribution in [1.29, 1.82) is 0 Å². The van der Waals surface area contributed by atoms with Crippen LogP contribution in [0.25, 0.3) is 0 Å². The standard InChI is InChI=1S/C15H22O/c1-4-6-11-15(16,5-2)12-14-10-8-7-9-13(14)3/h6-11,16H,4-5,12H2,1-3H3. The Labute approximate surface area is 98.8 Å². The quantitative estimate of drug-likeness (QED) is 0.748. The molecule has 1 heteroatoms. The van der Waals surface area contributed by atoms with E-state index in [0.29, 0.717) is 6.42 Å². The van der Waals surface area contributed by atoms with Gasteiger partial charge in [-0.25, -0.2) is 0 Å². The Morgan fingerprint density at radius 3 is 2.50 bits per heavy atom. The number of hydrogen-bond acceptors (Lipinski definition) is 1. The molecule has 0 radical (unpaired) electrons. The molecule has 1 nitrogen and oxygen atoms in total. The number of aliphatic hydroxyl groups is 1. The summed E-state index contributed by atoms with van der Waals surface area (Å²) in [6, 6.07) is 8.25. The fourth-order valence-electron chi connectivity index (χ4n) is 1.78. The van der Waals surface area contributed by atoms with E-state index in [1.54, 1.807) is 0 Å². The van der Waals surface area contributed by atoms with Crippen LogP contribution in [0.4, 0.5) is 0 Å². The lowest BCUT2D eigenvalue weighted by molar-refractivity contribution is 0.0868. The van der Waals surface area contributed by atoms with E-state index in [2.05, 4.69) is 26.0 Å². The zero-order valence-electron chi connectivity index (χ0n) is 10.5. The van der Waals surface area contributed by atoms with Crippen LogP contribution in [0, 0.1) is 6.92 Å². The molecule has 1 atom stereocenters. The SMILES string of the molecule is CCC=CC(O)(CC)Cc1ccccc1C. The minimum Gasteiger partial charge on any atom is -0.385 e. The second-order valence-corrected chi connectivity index (χ2v) is 4.37. The lowest BCUT2D eigenvalue weighted by atomic mass is 9.89. The Bertz CT molecular complexity index is 354. The van der Waals surface area contributed by atoms with Crippen molar-refractivity contribution in [2.24, 2.45) is 0 Å². The molecule has 1 N–H and O–H groups in total. The summed E-state index contributed by atoms with van der Waals surface area (Å²) < 4.78 is 0. The van der Waals surface area contributed by atoms with E-state index in [4.69, 9.17) is 0 Å². The van der Waals surface area contributed by atoms with Crippen LogP contribution in [0.2, 0.25) is 0 Å². The summed E-state index contributed by atoms with van der Waals surface area (Å²) in [4.78, 5) is 0. The summed E-state index contributed by atoms with van der Waals surface area (Å²) in [7, 11) is 0. The topological polar surface area (TPSA) is 20.2 Å². The highest BCUT2D eigenvalue weighted by Crippen LogP contribution is 2.21. The maximum Gasteiger partial charge on any atom is 0.0865 e. The highest BCUT2D eigenvalue weighted by atomic mass is 16.3. The monoisotopic (exact) mass is 218 g/mol. The van der Waals surface area contributed by atoms with Crippen LogP contribution in [-0.2, 0) is 6.42 Å². The first-order valence-electron chi connectivity index (χ1n) is 6.06. The van der Waals surface area contributed by atoms with Gasteiger partial charge in [-0.05, 0) is 30.9 Å². The summed E-state index contributed by atoms with van der Waals surface area (Å²) >= 11 is 0. The van der Waals surface area contributed by atoms with Gasteiger partial charge < -0.3 is 5.11 Å². The normalized spacial score (nSPS) is 15.2. The van der Waals surface area contributed by atoms with Gasteiger partial charge in [-0.1, -0.05) is 50.3 Å². The zero-order chi connectivity index (χ0) is 12.0. The van der Waals surface area contributed by atoms with Gasteiger partial charge in [-0.2, -0.15) is 0 Å². The van der Waals surface area contributed by atoms with Gasteiger partial charge in [0.25, 0.3) is 0 Å². The molecule has 0 aliphatic heterocycles. The molecule has 0 heterocycles. The number of allylic oxidation sites excluding steroid dienone is 1. The molecule has 1 unspecified atom stereocenters. The third kappa shape index (κ3) is 3.49. The maximum atomic E-state index is 10.4. The average Bonchev–Trinajstić information content (AvgIpc) is 2.30. The van der Waals surface area contributed by atoms with E-state index in [1.165, 1.54) is 11.1 Å². The Balaban J connectivity index is 2.85. The molecule has 0 amide bonds. The van der Waals surface area contributed by atoms with E-state index in [1.807, 2.05) is 31.2 Å². The minimum absolute atomic E-state index is 0.692. The second-order valence-electron chi connectivity index (χ2n) is 4.37. The second kappa shape index (κ2) is 5.86. The summed E-state index contributed by atoms with van der Waals surface area (Å²) in [5.74, 6) is 0. The Morgan fingerprint density at radius 1 is 1.25 bits per heavy atom. The van der Waals surface area contributed by atoms with Crippen molar-refractivity contribution >= 4 is 0 Å². The first kappa shape index (κ1) is 13.0.